The van der Waals surface area contributed by atoms with Gasteiger partial charge >= 0.3 is 5.97 Å². The molecule has 2 fully saturated rings. The van der Waals surface area contributed by atoms with Gasteiger partial charge in [0.15, 0.2) is 0 Å². The number of nitrogens with zero attached hydrogens (tertiary/aromatic N) is 3. The first kappa shape index (κ1) is 30.3. The number of hydrogen-bond donors (Lipinski definition) is 0. The van der Waals surface area contributed by atoms with Gasteiger partial charge in [-0.25, -0.2) is 21.6 Å². The lowest BCUT2D eigenvalue weighted by Crippen LogP contribution is -2.58. The van der Waals surface area contributed by atoms with E-state index in [1.165, 1.54) is 46.3 Å². The van der Waals surface area contributed by atoms with E-state index in [0.29, 0.717) is 33.3 Å². The Balaban J connectivity index is 1.48. The van der Waals surface area contributed by atoms with E-state index in [1.54, 1.807) is 55.5 Å². The predicted molar refractivity (Wildman–Crippen MR) is 163 cm³/mol. The van der Waals surface area contributed by atoms with E-state index < -0.39 is 46.1 Å². The quantitative estimate of drug-likeness (QED) is 0.279. The van der Waals surface area contributed by atoms with Crippen LogP contribution in [0.3, 0.4) is 0 Å². The molecule has 3 atom stereocenters. The highest BCUT2D eigenvalue weighted by atomic mass is 32.2. The zero-order valence-electron chi connectivity index (χ0n) is 25.2. The summed E-state index contributed by atoms with van der Waals surface area (Å²) in [6.45, 7) is 3.34. The number of carbonyl (C=O) groups excluding carboxylic acids is 3. The molecule has 2 aliphatic heterocycles. The maximum atomic E-state index is 14.6. The van der Waals surface area contributed by atoms with Gasteiger partial charge in [0.1, 0.15) is 24.0 Å². The average Bonchev–Trinajstić information content (AvgIpc) is 3.66. The highest BCUT2D eigenvalue weighted by Crippen LogP contribution is 2.40. The molecule has 45 heavy (non-hydrogen) atoms. The molecular weight excluding hydrogens is 601 g/mol. The molecule has 2 saturated heterocycles. The Morgan fingerprint density at radius 1 is 0.978 bits per heavy atom. The molecule has 4 aromatic rings. The Hall–Kier alpha value is -4.71. The summed E-state index contributed by atoms with van der Waals surface area (Å²) in [5.41, 5.74) is 3.16. The second-order valence-electron chi connectivity index (χ2n) is 11.4. The van der Waals surface area contributed by atoms with E-state index in [0.717, 1.165) is 5.56 Å². The van der Waals surface area contributed by atoms with Crippen molar-refractivity contribution in [1.29, 1.82) is 0 Å². The van der Waals surface area contributed by atoms with Crippen molar-refractivity contribution in [2.75, 3.05) is 20.8 Å². The Kier molecular flexibility index (Phi) is 7.64. The number of ether oxygens (including phenoxy) is 2. The number of amides is 2. The molecule has 0 bridgehead atoms. The maximum absolute atomic E-state index is 14.6. The number of fused-ring (bicyclic) bond motifs is 2. The number of methoxy groups -OCH3 is 2. The normalized spacial score (nSPS) is 20.1. The van der Waals surface area contributed by atoms with Gasteiger partial charge in [-0.2, -0.15) is 0 Å². The van der Waals surface area contributed by atoms with Gasteiger partial charge in [-0.15, -0.1) is 0 Å². The molecule has 0 radical (unpaired) electrons. The van der Waals surface area contributed by atoms with E-state index >= 15 is 0 Å². The number of esters is 1. The summed E-state index contributed by atoms with van der Waals surface area (Å²) in [4.78, 5) is 42.8. The monoisotopic (exact) mass is 633 g/mol. The number of aryl methyl sites for hydroxylation is 2. The van der Waals surface area contributed by atoms with Crippen molar-refractivity contribution in [1.82, 2.24) is 13.8 Å². The third-order valence-electron chi connectivity index (χ3n) is 8.62. The van der Waals surface area contributed by atoms with Crippen molar-refractivity contribution in [3.05, 3.63) is 94.7 Å². The fourth-order valence-corrected chi connectivity index (χ4v) is 7.76. The van der Waals surface area contributed by atoms with Crippen molar-refractivity contribution >= 4 is 38.7 Å². The molecule has 0 aliphatic carbocycles. The maximum Gasteiger partial charge on any atom is 0.337 e. The highest BCUT2D eigenvalue weighted by molar-refractivity contribution is 7.90. The van der Waals surface area contributed by atoms with E-state index in [2.05, 4.69) is 0 Å². The summed E-state index contributed by atoms with van der Waals surface area (Å²) >= 11 is 0. The first-order chi connectivity index (χ1) is 21.5. The van der Waals surface area contributed by atoms with Crippen LogP contribution >= 0.6 is 0 Å². The number of benzene rings is 3. The second-order valence-corrected chi connectivity index (χ2v) is 13.2. The Morgan fingerprint density at radius 3 is 2.31 bits per heavy atom. The van der Waals surface area contributed by atoms with Gasteiger partial charge in [-0.05, 0) is 61.4 Å². The van der Waals surface area contributed by atoms with Crippen molar-refractivity contribution < 1.29 is 36.7 Å². The van der Waals surface area contributed by atoms with Gasteiger partial charge in [-0.3, -0.25) is 9.59 Å². The highest BCUT2D eigenvalue weighted by Gasteiger charge is 2.51. The fourth-order valence-electron chi connectivity index (χ4n) is 6.35. The van der Waals surface area contributed by atoms with Crippen LogP contribution in [0.25, 0.3) is 10.9 Å². The van der Waals surface area contributed by atoms with Gasteiger partial charge in [0.2, 0.25) is 5.91 Å². The van der Waals surface area contributed by atoms with Crippen molar-refractivity contribution in [2.45, 2.75) is 50.0 Å². The van der Waals surface area contributed by atoms with Gasteiger partial charge in [0.05, 0.1) is 43.3 Å². The number of alkyl halides is 1. The van der Waals surface area contributed by atoms with Gasteiger partial charge < -0.3 is 19.3 Å². The molecule has 2 aliphatic rings. The number of rotatable bonds is 7. The van der Waals surface area contributed by atoms with Crippen LogP contribution in [0.4, 0.5) is 4.39 Å². The molecule has 12 heteroatoms. The van der Waals surface area contributed by atoms with Gasteiger partial charge in [0.25, 0.3) is 15.9 Å². The first-order valence-corrected chi connectivity index (χ1v) is 15.8. The molecule has 0 spiro atoms. The molecule has 234 valence electrons. The van der Waals surface area contributed by atoms with Crippen molar-refractivity contribution in [3.63, 3.8) is 0 Å². The summed E-state index contributed by atoms with van der Waals surface area (Å²) < 4.78 is 53.8. The molecular formula is C33H32FN3O7S. The Labute approximate surface area is 260 Å². The topological polar surface area (TPSA) is 115 Å². The van der Waals surface area contributed by atoms with Crippen molar-refractivity contribution in [3.8, 4) is 5.75 Å². The molecule has 0 saturated carbocycles. The molecule has 3 aromatic carbocycles. The molecule has 1 unspecified atom stereocenters. The summed E-state index contributed by atoms with van der Waals surface area (Å²) in [5, 5.41) is 0.528. The van der Waals surface area contributed by atoms with E-state index in [9.17, 15) is 27.2 Å². The number of hydrogen-bond acceptors (Lipinski definition) is 7. The molecule has 6 rings (SSSR count). The third-order valence-corrected chi connectivity index (χ3v) is 10.3. The molecule has 1 aromatic heterocycles. The summed E-state index contributed by atoms with van der Waals surface area (Å²) in [7, 11) is -1.24. The minimum Gasteiger partial charge on any atom is -0.496 e. The van der Waals surface area contributed by atoms with Gasteiger partial charge in [-0.1, -0.05) is 29.8 Å². The van der Waals surface area contributed by atoms with Crippen LogP contribution in [0.15, 0.2) is 71.8 Å². The van der Waals surface area contributed by atoms with E-state index in [-0.39, 0.29) is 30.0 Å². The Morgan fingerprint density at radius 2 is 1.67 bits per heavy atom. The van der Waals surface area contributed by atoms with Crippen LogP contribution in [-0.4, -0.2) is 73.0 Å². The summed E-state index contributed by atoms with van der Waals surface area (Å²) in [6, 6.07) is 14.0. The van der Waals surface area contributed by atoms with Gasteiger partial charge in [0, 0.05) is 23.6 Å². The molecule has 0 N–H and O–H groups in total. The zero-order valence-corrected chi connectivity index (χ0v) is 26.0. The predicted octanol–water partition coefficient (Wildman–Crippen LogP) is 4.31. The largest absolute Gasteiger partial charge is 0.496 e. The lowest BCUT2D eigenvalue weighted by atomic mass is 9.95. The smallest absolute Gasteiger partial charge is 0.337 e. The van der Waals surface area contributed by atoms with Crippen LogP contribution in [0.5, 0.6) is 5.75 Å². The lowest BCUT2D eigenvalue weighted by molar-refractivity contribution is -0.160. The second kappa shape index (κ2) is 11.3. The zero-order chi connectivity index (χ0) is 32.2. The number of carbonyl (C=O) groups is 3. The number of aromatic nitrogens is 1. The van der Waals surface area contributed by atoms with Crippen LogP contribution in [-0.2, 0) is 30.9 Å². The van der Waals surface area contributed by atoms with E-state index in [4.69, 9.17) is 9.47 Å². The summed E-state index contributed by atoms with van der Waals surface area (Å²) in [5.74, 6) is -1.02. The lowest BCUT2D eigenvalue weighted by Gasteiger charge is -2.42. The molecule has 2 amide bonds. The van der Waals surface area contributed by atoms with Crippen LogP contribution in [0.1, 0.15) is 45.1 Å². The minimum atomic E-state index is -3.98. The fraction of sp³-hybridized carbons (Fsp3) is 0.303. The third kappa shape index (κ3) is 5.02. The van der Waals surface area contributed by atoms with Crippen LogP contribution < -0.4 is 4.74 Å². The molecule has 3 heterocycles. The SMILES string of the molecule is COC(=O)c1ccc(C2C(=O)N3C[C@@H](F)C[C@@H]3C(=O)N2Cc2c(OC)cc(C)c3c2ccn3S(=O)(=O)c2ccc(C)cc2)cc1. The first-order valence-electron chi connectivity index (χ1n) is 14.4. The minimum absolute atomic E-state index is 0.110. The summed E-state index contributed by atoms with van der Waals surface area (Å²) in [6.07, 6.45) is 0.0153. The number of halogens is 1. The van der Waals surface area contributed by atoms with Crippen LogP contribution in [0, 0.1) is 13.8 Å². The Bertz CT molecular complexity index is 1940. The van der Waals surface area contributed by atoms with E-state index in [1.807, 2.05) is 6.92 Å². The standard InChI is InChI=1S/C33H32FN3O7S/c1-19-5-11-24(12-6-19)45(41,42)37-14-13-25-26(28(43-3)15-20(2)29(25)37)18-36-30(21-7-9-22(10-8-21)33(40)44-4)32(39)35-17-23(34)16-27(35)31(36)38/h5-15,23,27,30H,16-18H2,1-4H3/t23-,27+,30?/m0/s1. The van der Waals surface area contributed by atoms with Crippen LogP contribution in [0.2, 0.25) is 0 Å². The molecule has 10 nitrogen and oxygen atoms in total. The average molecular weight is 634 g/mol. The number of piperazine rings is 1. The van der Waals surface area contributed by atoms with Crippen molar-refractivity contribution in [2.24, 2.45) is 0 Å².